The standard InChI is InChI=1S/C12H9N3O3S/c16-19(17,15-12-5-7-18-14-12)11-3-1-2-9-8-13-6-4-10(9)11/h1-8H,(H,14,15). The number of anilines is 1. The molecule has 0 aliphatic carbocycles. The van der Waals surface area contributed by atoms with Gasteiger partial charge >= 0.3 is 0 Å². The third-order valence-corrected chi connectivity index (χ3v) is 4.02. The zero-order valence-electron chi connectivity index (χ0n) is 9.65. The van der Waals surface area contributed by atoms with Crippen LogP contribution in [0.2, 0.25) is 0 Å². The fourth-order valence-corrected chi connectivity index (χ4v) is 3.01. The predicted molar refractivity (Wildman–Crippen MR) is 69.1 cm³/mol. The highest BCUT2D eigenvalue weighted by Gasteiger charge is 2.18. The minimum absolute atomic E-state index is 0.144. The molecule has 2 heterocycles. The lowest BCUT2D eigenvalue weighted by Crippen LogP contribution is -2.13. The molecule has 0 bridgehead atoms. The van der Waals surface area contributed by atoms with Crippen molar-refractivity contribution in [1.29, 1.82) is 0 Å². The second-order valence-corrected chi connectivity index (χ2v) is 5.49. The van der Waals surface area contributed by atoms with E-state index in [1.165, 1.54) is 18.4 Å². The van der Waals surface area contributed by atoms with Crippen molar-refractivity contribution in [3.63, 3.8) is 0 Å². The topological polar surface area (TPSA) is 85.1 Å². The van der Waals surface area contributed by atoms with Crippen LogP contribution < -0.4 is 4.72 Å². The average Bonchev–Trinajstić information content (AvgIpc) is 2.90. The summed E-state index contributed by atoms with van der Waals surface area (Å²) in [5, 5.41) is 4.89. The number of hydrogen-bond acceptors (Lipinski definition) is 5. The number of nitrogens with one attached hydrogen (secondary N) is 1. The molecular formula is C12H9N3O3S. The van der Waals surface area contributed by atoms with Gasteiger partial charge in [-0.2, -0.15) is 0 Å². The molecule has 0 fully saturated rings. The average molecular weight is 275 g/mol. The maximum Gasteiger partial charge on any atom is 0.263 e. The smallest absolute Gasteiger partial charge is 0.263 e. The second-order valence-electron chi connectivity index (χ2n) is 3.84. The summed E-state index contributed by atoms with van der Waals surface area (Å²) in [5.74, 6) is 0.144. The first kappa shape index (κ1) is 11.7. The van der Waals surface area contributed by atoms with Gasteiger partial charge in [0.1, 0.15) is 6.26 Å². The first-order chi connectivity index (χ1) is 9.17. The fraction of sp³-hybridized carbons (Fsp3) is 0. The lowest BCUT2D eigenvalue weighted by Gasteiger charge is -2.07. The molecule has 96 valence electrons. The Morgan fingerprint density at radius 3 is 2.84 bits per heavy atom. The quantitative estimate of drug-likeness (QED) is 0.790. The molecule has 2 aromatic heterocycles. The zero-order valence-corrected chi connectivity index (χ0v) is 10.5. The van der Waals surface area contributed by atoms with Gasteiger partial charge in [-0.25, -0.2) is 8.42 Å². The Morgan fingerprint density at radius 2 is 2.05 bits per heavy atom. The van der Waals surface area contributed by atoms with Gasteiger partial charge in [-0.1, -0.05) is 17.3 Å². The van der Waals surface area contributed by atoms with E-state index in [0.717, 1.165) is 5.39 Å². The van der Waals surface area contributed by atoms with Crippen LogP contribution in [0.25, 0.3) is 10.8 Å². The second kappa shape index (κ2) is 4.36. The Morgan fingerprint density at radius 1 is 1.16 bits per heavy atom. The van der Waals surface area contributed by atoms with E-state index in [2.05, 4.69) is 19.4 Å². The summed E-state index contributed by atoms with van der Waals surface area (Å²) in [7, 11) is -3.71. The molecule has 0 saturated carbocycles. The molecule has 0 atom stereocenters. The highest BCUT2D eigenvalue weighted by Crippen LogP contribution is 2.23. The summed E-state index contributed by atoms with van der Waals surface area (Å²) < 4.78 is 31.6. The van der Waals surface area contributed by atoms with Crippen LogP contribution in [0.1, 0.15) is 0 Å². The van der Waals surface area contributed by atoms with Gasteiger partial charge in [-0.3, -0.25) is 9.71 Å². The maximum atomic E-state index is 12.3. The van der Waals surface area contributed by atoms with E-state index in [1.54, 1.807) is 30.6 Å². The Labute approximate surface area is 109 Å². The van der Waals surface area contributed by atoms with Crippen LogP contribution in [0.4, 0.5) is 5.82 Å². The van der Waals surface area contributed by atoms with Crippen molar-refractivity contribution in [1.82, 2.24) is 10.1 Å². The third kappa shape index (κ3) is 2.15. The van der Waals surface area contributed by atoms with E-state index >= 15 is 0 Å². The van der Waals surface area contributed by atoms with Crippen molar-refractivity contribution in [2.24, 2.45) is 0 Å². The SMILES string of the molecule is O=S(=O)(Nc1ccon1)c1cccc2cnccc12. The molecule has 0 aliphatic rings. The van der Waals surface area contributed by atoms with E-state index in [-0.39, 0.29) is 10.7 Å². The van der Waals surface area contributed by atoms with Gasteiger partial charge in [0.25, 0.3) is 10.0 Å². The minimum Gasteiger partial charge on any atom is -0.363 e. The van der Waals surface area contributed by atoms with Crippen molar-refractivity contribution in [3.05, 3.63) is 49.0 Å². The van der Waals surface area contributed by atoms with Crippen LogP contribution >= 0.6 is 0 Å². The van der Waals surface area contributed by atoms with Gasteiger partial charge in [0.2, 0.25) is 0 Å². The van der Waals surface area contributed by atoms with Crippen LogP contribution in [0.3, 0.4) is 0 Å². The first-order valence-electron chi connectivity index (χ1n) is 5.43. The van der Waals surface area contributed by atoms with Crippen LogP contribution in [0.15, 0.2) is 58.4 Å². The van der Waals surface area contributed by atoms with Crippen LogP contribution in [-0.2, 0) is 10.0 Å². The van der Waals surface area contributed by atoms with Gasteiger partial charge in [0.15, 0.2) is 5.82 Å². The van der Waals surface area contributed by atoms with E-state index in [9.17, 15) is 8.42 Å². The summed E-state index contributed by atoms with van der Waals surface area (Å²) in [6.45, 7) is 0. The van der Waals surface area contributed by atoms with E-state index in [0.29, 0.717) is 5.39 Å². The van der Waals surface area contributed by atoms with Crippen LogP contribution in [0.5, 0.6) is 0 Å². The molecule has 1 N–H and O–H groups in total. The number of hydrogen-bond donors (Lipinski definition) is 1. The molecule has 7 heteroatoms. The number of aromatic nitrogens is 2. The number of rotatable bonds is 3. The number of fused-ring (bicyclic) bond motifs is 1. The van der Waals surface area contributed by atoms with Gasteiger partial charge in [-0.05, 0) is 12.1 Å². The largest absolute Gasteiger partial charge is 0.363 e. The van der Waals surface area contributed by atoms with Gasteiger partial charge in [0, 0.05) is 29.2 Å². The molecule has 1 aromatic carbocycles. The summed E-state index contributed by atoms with van der Waals surface area (Å²) in [5.41, 5.74) is 0. The fourth-order valence-electron chi connectivity index (χ4n) is 1.78. The number of pyridine rings is 1. The highest BCUT2D eigenvalue weighted by molar-refractivity contribution is 7.93. The number of nitrogens with zero attached hydrogens (tertiary/aromatic N) is 2. The maximum absolute atomic E-state index is 12.3. The Bertz CT molecular complexity index is 808. The molecular weight excluding hydrogens is 266 g/mol. The third-order valence-electron chi connectivity index (χ3n) is 2.61. The molecule has 0 amide bonds. The molecule has 3 rings (SSSR count). The van der Waals surface area contributed by atoms with Crippen LogP contribution in [0, 0.1) is 0 Å². The molecule has 0 spiro atoms. The number of benzene rings is 1. The minimum atomic E-state index is -3.71. The lowest BCUT2D eigenvalue weighted by molar-refractivity contribution is 0.423. The van der Waals surface area contributed by atoms with E-state index < -0.39 is 10.0 Å². The summed E-state index contributed by atoms with van der Waals surface area (Å²) in [6.07, 6.45) is 4.47. The van der Waals surface area contributed by atoms with Crippen molar-refractivity contribution in [3.8, 4) is 0 Å². The van der Waals surface area contributed by atoms with E-state index in [1.807, 2.05) is 0 Å². The lowest BCUT2D eigenvalue weighted by atomic mass is 10.2. The molecule has 19 heavy (non-hydrogen) atoms. The van der Waals surface area contributed by atoms with Gasteiger partial charge in [0.05, 0.1) is 4.90 Å². The molecule has 0 aliphatic heterocycles. The molecule has 0 saturated heterocycles. The molecule has 0 unspecified atom stereocenters. The zero-order chi connectivity index (χ0) is 13.3. The van der Waals surface area contributed by atoms with Gasteiger partial charge in [-0.15, -0.1) is 0 Å². The van der Waals surface area contributed by atoms with Crippen molar-refractivity contribution >= 4 is 26.6 Å². The monoisotopic (exact) mass is 275 g/mol. The first-order valence-corrected chi connectivity index (χ1v) is 6.91. The van der Waals surface area contributed by atoms with Crippen molar-refractivity contribution in [2.45, 2.75) is 4.90 Å². The predicted octanol–water partition coefficient (Wildman–Crippen LogP) is 2.02. The van der Waals surface area contributed by atoms with E-state index in [4.69, 9.17) is 0 Å². The molecule has 3 aromatic rings. The Kier molecular flexibility index (Phi) is 2.68. The van der Waals surface area contributed by atoms with Crippen LogP contribution in [-0.4, -0.2) is 18.6 Å². The molecule has 6 nitrogen and oxygen atoms in total. The Hall–Kier alpha value is -2.41. The molecule has 0 radical (unpaired) electrons. The van der Waals surface area contributed by atoms with Gasteiger partial charge < -0.3 is 4.52 Å². The summed E-state index contributed by atoms with van der Waals surface area (Å²) in [6, 6.07) is 8.10. The van der Waals surface area contributed by atoms with Crippen molar-refractivity contribution in [2.75, 3.05) is 4.72 Å². The Balaban J connectivity index is 2.13. The number of sulfonamides is 1. The normalized spacial score (nSPS) is 11.6. The highest BCUT2D eigenvalue weighted by atomic mass is 32.2. The summed E-state index contributed by atoms with van der Waals surface area (Å²) in [4.78, 5) is 4.15. The van der Waals surface area contributed by atoms with Crippen molar-refractivity contribution < 1.29 is 12.9 Å². The summed E-state index contributed by atoms with van der Waals surface area (Å²) >= 11 is 0.